The van der Waals surface area contributed by atoms with Crippen LogP contribution in [0, 0.1) is 0 Å². The Morgan fingerprint density at radius 1 is 1.28 bits per heavy atom. The predicted molar refractivity (Wildman–Crippen MR) is 67.1 cm³/mol. The number of ether oxygens (including phenoxy) is 1. The van der Waals surface area contributed by atoms with Gasteiger partial charge in [-0.2, -0.15) is 4.98 Å². The molecule has 0 unspecified atom stereocenters. The molecule has 0 radical (unpaired) electrons. The first kappa shape index (κ1) is 12.3. The van der Waals surface area contributed by atoms with Gasteiger partial charge in [-0.25, -0.2) is 10.8 Å². The highest BCUT2D eigenvalue weighted by atomic mass is 16.5. The molecule has 94 valence electrons. The van der Waals surface area contributed by atoms with E-state index in [2.05, 4.69) is 15.4 Å². The molecule has 0 aliphatic heterocycles. The maximum Gasteiger partial charge on any atom is 0.240 e. The number of nitrogen functional groups attached to an aromatic ring is 1. The predicted octanol–water partition coefficient (Wildman–Crippen LogP) is 1.09. The minimum absolute atomic E-state index is 0.0692. The van der Waals surface area contributed by atoms with Crippen LogP contribution in [0.5, 0.6) is 11.6 Å². The lowest BCUT2D eigenvalue weighted by molar-refractivity contribution is 0.297. The average molecular weight is 246 g/mol. The van der Waals surface area contributed by atoms with E-state index in [1.54, 1.807) is 12.3 Å². The van der Waals surface area contributed by atoms with Crippen LogP contribution in [0.4, 0.5) is 5.95 Å². The van der Waals surface area contributed by atoms with Crippen LogP contribution in [-0.2, 0) is 6.42 Å². The fourth-order valence-electron chi connectivity index (χ4n) is 1.51. The number of aliphatic hydroxyl groups excluding tert-OH is 1. The first-order valence-corrected chi connectivity index (χ1v) is 5.50. The Hall–Kier alpha value is -2.18. The Morgan fingerprint density at radius 2 is 2.11 bits per heavy atom. The monoisotopic (exact) mass is 246 g/mol. The summed E-state index contributed by atoms with van der Waals surface area (Å²) in [5.74, 6) is 6.56. The maximum absolute atomic E-state index is 8.98. The first-order valence-electron chi connectivity index (χ1n) is 5.50. The lowest BCUT2D eigenvalue weighted by Crippen LogP contribution is -2.10. The van der Waals surface area contributed by atoms with E-state index in [0.29, 0.717) is 18.1 Å². The van der Waals surface area contributed by atoms with Gasteiger partial charge in [0.25, 0.3) is 0 Å². The Bertz CT molecular complexity index is 519. The van der Waals surface area contributed by atoms with E-state index in [0.717, 1.165) is 5.56 Å². The third kappa shape index (κ3) is 2.93. The second-order valence-corrected chi connectivity index (χ2v) is 3.55. The Balaban J connectivity index is 2.22. The standard InChI is InChI=1S/C12H14N4O2/c13-16-12-14-7-5-11(15-12)18-10-4-2-1-3-9(10)6-8-17/h1-5,7,17H,6,8,13H2,(H,14,15,16). The maximum atomic E-state index is 8.98. The Labute approximate surface area is 104 Å². The van der Waals surface area contributed by atoms with E-state index in [-0.39, 0.29) is 12.6 Å². The highest BCUT2D eigenvalue weighted by Crippen LogP contribution is 2.24. The molecule has 6 heteroatoms. The molecule has 4 N–H and O–H groups in total. The van der Waals surface area contributed by atoms with Crippen LogP contribution in [0.15, 0.2) is 36.5 Å². The molecule has 0 saturated heterocycles. The SMILES string of the molecule is NNc1nccc(Oc2ccccc2CCO)n1. The molecule has 18 heavy (non-hydrogen) atoms. The summed E-state index contributed by atoms with van der Waals surface area (Å²) in [5.41, 5.74) is 3.27. The molecule has 0 bridgehead atoms. The molecule has 0 aliphatic rings. The van der Waals surface area contributed by atoms with Crippen LogP contribution >= 0.6 is 0 Å². The van der Waals surface area contributed by atoms with Gasteiger partial charge in [-0.05, 0) is 18.1 Å². The lowest BCUT2D eigenvalue weighted by Gasteiger charge is -2.09. The highest BCUT2D eigenvalue weighted by Gasteiger charge is 2.05. The number of nitrogens with zero attached hydrogens (tertiary/aromatic N) is 2. The molecule has 1 aromatic carbocycles. The fourth-order valence-corrected chi connectivity index (χ4v) is 1.51. The zero-order chi connectivity index (χ0) is 12.8. The van der Waals surface area contributed by atoms with Gasteiger partial charge in [-0.1, -0.05) is 18.2 Å². The number of hydrogen-bond donors (Lipinski definition) is 3. The number of anilines is 1. The zero-order valence-corrected chi connectivity index (χ0v) is 9.71. The summed E-state index contributed by atoms with van der Waals surface area (Å²) in [4.78, 5) is 7.95. The highest BCUT2D eigenvalue weighted by molar-refractivity contribution is 5.37. The van der Waals surface area contributed by atoms with Crippen LogP contribution in [-0.4, -0.2) is 21.7 Å². The summed E-state index contributed by atoms with van der Waals surface area (Å²) in [6.45, 7) is 0.0692. The topological polar surface area (TPSA) is 93.3 Å². The molecule has 0 saturated carbocycles. The fraction of sp³-hybridized carbons (Fsp3) is 0.167. The van der Waals surface area contributed by atoms with Crippen molar-refractivity contribution in [1.29, 1.82) is 0 Å². The average Bonchev–Trinajstić information content (AvgIpc) is 2.41. The molecule has 0 aliphatic carbocycles. The third-order valence-corrected chi connectivity index (χ3v) is 2.33. The van der Waals surface area contributed by atoms with Gasteiger partial charge in [0.2, 0.25) is 11.8 Å². The van der Waals surface area contributed by atoms with Gasteiger partial charge < -0.3 is 9.84 Å². The van der Waals surface area contributed by atoms with Gasteiger partial charge in [-0.3, -0.25) is 5.43 Å². The van der Waals surface area contributed by atoms with Crippen LogP contribution in [0.3, 0.4) is 0 Å². The summed E-state index contributed by atoms with van der Waals surface area (Å²) in [7, 11) is 0. The Morgan fingerprint density at radius 3 is 2.89 bits per heavy atom. The summed E-state index contributed by atoms with van der Waals surface area (Å²) in [6.07, 6.45) is 2.08. The van der Waals surface area contributed by atoms with Crippen LogP contribution in [0.2, 0.25) is 0 Å². The lowest BCUT2D eigenvalue weighted by atomic mass is 10.1. The molecule has 6 nitrogen and oxygen atoms in total. The number of hydrogen-bond acceptors (Lipinski definition) is 6. The van der Waals surface area contributed by atoms with Gasteiger partial charge in [0.05, 0.1) is 0 Å². The van der Waals surface area contributed by atoms with Crippen molar-refractivity contribution in [1.82, 2.24) is 9.97 Å². The molecular weight excluding hydrogens is 232 g/mol. The normalized spacial score (nSPS) is 10.1. The van der Waals surface area contributed by atoms with Crippen LogP contribution in [0.25, 0.3) is 0 Å². The molecule has 0 atom stereocenters. The molecule has 1 heterocycles. The third-order valence-electron chi connectivity index (χ3n) is 2.33. The zero-order valence-electron chi connectivity index (χ0n) is 9.71. The molecule has 2 rings (SSSR count). The summed E-state index contributed by atoms with van der Waals surface area (Å²) in [6, 6.07) is 9.11. The van der Waals surface area contributed by atoms with Crippen LogP contribution < -0.4 is 16.0 Å². The van der Waals surface area contributed by atoms with E-state index in [4.69, 9.17) is 15.7 Å². The van der Waals surface area contributed by atoms with Crippen molar-refractivity contribution >= 4 is 5.95 Å². The molecule has 2 aromatic rings. The quantitative estimate of drug-likeness (QED) is 0.540. The number of benzene rings is 1. The summed E-state index contributed by atoms with van der Waals surface area (Å²) >= 11 is 0. The largest absolute Gasteiger partial charge is 0.439 e. The number of aliphatic hydroxyl groups is 1. The van der Waals surface area contributed by atoms with Gasteiger partial charge in [0.15, 0.2) is 0 Å². The molecule has 0 spiro atoms. The van der Waals surface area contributed by atoms with E-state index >= 15 is 0 Å². The minimum atomic E-state index is 0.0692. The van der Waals surface area contributed by atoms with Crippen molar-refractivity contribution in [3.05, 3.63) is 42.1 Å². The number of para-hydroxylation sites is 1. The first-order chi connectivity index (χ1) is 8.83. The van der Waals surface area contributed by atoms with Crippen molar-refractivity contribution in [3.8, 4) is 11.6 Å². The van der Waals surface area contributed by atoms with Gasteiger partial charge in [0.1, 0.15) is 5.75 Å². The van der Waals surface area contributed by atoms with Crippen molar-refractivity contribution in [2.45, 2.75) is 6.42 Å². The van der Waals surface area contributed by atoms with Crippen LogP contribution in [0.1, 0.15) is 5.56 Å². The molecular formula is C12H14N4O2. The van der Waals surface area contributed by atoms with E-state index in [9.17, 15) is 0 Å². The van der Waals surface area contributed by atoms with Crippen molar-refractivity contribution in [2.24, 2.45) is 5.84 Å². The molecule has 0 fully saturated rings. The van der Waals surface area contributed by atoms with Gasteiger partial charge in [-0.15, -0.1) is 0 Å². The Kier molecular flexibility index (Phi) is 4.06. The number of nitrogens with one attached hydrogen (secondary N) is 1. The van der Waals surface area contributed by atoms with Gasteiger partial charge >= 0.3 is 0 Å². The number of rotatable bonds is 5. The summed E-state index contributed by atoms with van der Waals surface area (Å²) < 4.78 is 5.65. The van der Waals surface area contributed by atoms with Crippen molar-refractivity contribution in [3.63, 3.8) is 0 Å². The van der Waals surface area contributed by atoms with E-state index < -0.39 is 0 Å². The number of hydrazine groups is 1. The number of aromatic nitrogens is 2. The molecule has 1 aromatic heterocycles. The van der Waals surface area contributed by atoms with Crippen molar-refractivity contribution < 1.29 is 9.84 Å². The van der Waals surface area contributed by atoms with E-state index in [1.165, 1.54) is 0 Å². The molecule has 0 amide bonds. The van der Waals surface area contributed by atoms with E-state index in [1.807, 2.05) is 24.3 Å². The van der Waals surface area contributed by atoms with Crippen molar-refractivity contribution in [2.75, 3.05) is 12.0 Å². The number of nitrogens with two attached hydrogens (primary N) is 1. The second-order valence-electron chi connectivity index (χ2n) is 3.55. The van der Waals surface area contributed by atoms with Gasteiger partial charge in [0, 0.05) is 18.9 Å². The minimum Gasteiger partial charge on any atom is -0.439 e. The smallest absolute Gasteiger partial charge is 0.240 e. The second kappa shape index (κ2) is 5.95. The summed E-state index contributed by atoms with van der Waals surface area (Å²) in [5, 5.41) is 8.98.